The number of nitrogens with one attached hydrogen (secondary N) is 2. The summed E-state index contributed by atoms with van der Waals surface area (Å²) in [6.07, 6.45) is 3.90. The van der Waals surface area contributed by atoms with Crippen LogP contribution >= 0.6 is 0 Å². The summed E-state index contributed by atoms with van der Waals surface area (Å²) >= 11 is 0. The molecule has 3 atom stereocenters. The van der Waals surface area contributed by atoms with Crippen LogP contribution in [0, 0.1) is 0 Å². The van der Waals surface area contributed by atoms with Crippen molar-refractivity contribution in [2.24, 2.45) is 16.5 Å². The minimum absolute atomic E-state index is 0.0826. The third-order valence-electron chi connectivity index (χ3n) is 5.15. The second-order valence-corrected chi connectivity index (χ2v) is 12.4. The second kappa shape index (κ2) is 13.6. The van der Waals surface area contributed by atoms with Crippen LogP contribution in [0.5, 0.6) is 0 Å². The Morgan fingerprint density at radius 3 is 2.44 bits per heavy atom. The van der Waals surface area contributed by atoms with Gasteiger partial charge in [0.25, 0.3) is 0 Å². The molecule has 6 N–H and O–H groups in total. The molecule has 196 valence electrons. The van der Waals surface area contributed by atoms with Crippen LogP contribution in [0.3, 0.4) is 0 Å². The number of aliphatic imine (C=N–C) groups is 1. The number of aldehydes is 1. The molecular weight excluding hydrogens is 488 g/mol. The number of carbonyl (C=O) groups is 3. The SMILES string of the molecule is CCCCS(=O)(=O)NC(CS(C)(=O)=O)C(=O)N1CCCC1C(=O)N[C@H](C=O)CCCN=C(N)N. The van der Waals surface area contributed by atoms with Crippen molar-refractivity contribution in [2.45, 2.75) is 63.6 Å². The van der Waals surface area contributed by atoms with Gasteiger partial charge in [0.2, 0.25) is 21.8 Å². The Morgan fingerprint density at radius 2 is 1.88 bits per heavy atom. The van der Waals surface area contributed by atoms with E-state index in [-0.39, 0.29) is 31.2 Å². The zero-order chi connectivity index (χ0) is 25.9. The summed E-state index contributed by atoms with van der Waals surface area (Å²) in [5.41, 5.74) is 10.5. The molecule has 0 spiro atoms. The highest BCUT2D eigenvalue weighted by atomic mass is 32.2. The van der Waals surface area contributed by atoms with Gasteiger partial charge >= 0.3 is 0 Å². The molecule has 0 radical (unpaired) electrons. The third kappa shape index (κ3) is 10.8. The molecule has 1 rings (SSSR count). The molecule has 0 bridgehead atoms. The molecule has 1 aliphatic rings. The Hall–Kier alpha value is -2.26. The molecule has 1 aliphatic heterocycles. The average Bonchev–Trinajstić information content (AvgIpc) is 3.22. The lowest BCUT2D eigenvalue weighted by Crippen LogP contribution is -2.56. The van der Waals surface area contributed by atoms with Gasteiger partial charge in [-0.2, -0.15) is 0 Å². The minimum atomic E-state index is -3.91. The highest BCUT2D eigenvalue weighted by Crippen LogP contribution is 2.20. The molecule has 2 amide bonds. The van der Waals surface area contributed by atoms with Crippen LogP contribution in [0.1, 0.15) is 45.4 Å². The summed E-state index contributed by atoms with van der Waals surface area (Å²) < 4.78 is 50.7. The summed E-state index contributed by atoms with van der Waals surface area (Å²) in [4.78, 5) is 42.3. The van der Waals surface area contributed by atoms with Crippen LogP contribution < -0.4 is 21.5 Å². The number of nitrogens with two attached hydrogens (primary N) is 2. The maximum absolute atomic E-state index is 13.2. The predicted molar refractivity (Wildman–Crippen MR) is 128 cm³/mol. The van der Waals surface area contributed by atoms with E-state index in [1.54, 1.807) is 6.92 Å². The van der Waals surface area contributed by atoms with Crippen molar-refractivity contribution in [1.29, 1.82) is 0 Å². The quantitative estimate of drug-likeness (QED) is 0.0794. The van der Waals surface area contributed by atoms with E-state index in [0.29, 0.717) is 38.4 Å². The lowest BCUT2D eigenvalue weighted by atomic mass is 10.1. The smallest absolute Gasteiger partial charge is 0.243 e. The summed E-state index contributed by atoms with van der Waals surface area (Å²) in [5, 5.41) is 2.58. The number of nitrogens with zero attached hydrogens (tertiary/aromatic N) is 2. The largest absolute Gasteiger partial charge is 0.370 e. The fourth-order valence-electron chi connectivity index (χ4n) is 3.54. The summed E-state index contributed by atoms with van der Waals surface area (Å²) in [6.45, 7) is 2.24. The first-order chi connectivity index (χ1) is 15.8. The number of guanidine groups is 1. The van der Waals surface area contributed by atoms with Crippen LogP contribution in [-0.2, 0) is 34.2 Å². The van der Waals surface area contributed by atoms with Gasteiger partial charge in [-0.3, -0.25) is 14.6 Å². The van der Waals surface area contributed by atoms with Gasteiger partial charge in [-0.25, -0.2) is 21.6 Å². The zero-order valence-electron chi connectivity index (χ0n) is 19.6. The first-order valence-corrected chi connectivity index (χ1v) is 14.8. The van der Waals surface area contributed by atoms with Gasteiger partial charge < -0.3 is 26.5 Å². The molecular formula is C19H36N6O7S2. The second-order valence-electron chi connectivity index (χ2n) is 8.32. The van der Waals surface area contributed by atoms with Crippen molar-refractivity contribution in [3.05, 3.63) is 0 Å². The van der Waals surface area contributed by atoms with Gasteiger partial charge in [-0.15, -0.1) is 0 Å². The highest BCUT2D eigenvalue weighted by Gasteiger charge is 2.39. The van der Waals surface area contributed by atoms with Gasteiger partial charge in [0.05, 0.1) is 17.5 Å². The van der Waals surface area contributed by atoms with Crippen molar-refractivity contribution in [1.82, 2.24) is 14.9 Å². The average molecular weight is 525 g/mol. The van der Waals surface area contributed by atoms with Gasteiger partial charge in [0.1, 0.15) is 28.2 Å². The predicted octanol–water partition coefficient (Wildman–Crippen LogP) is -2.15. The van der Waals surface area contributed by atoms with Crippen LogP contribution in [0.15, 0.2) is 4.99 Å². The maximum Gasteiger partial charge on any atom is 0.243 e. The number of likely N-dealkylation sites (tertiary alicyclic amines) is 1. The topological polar surface area (TPSA) is 211 Å². The molecule has 0 aromatic rings. The Bertz CT molecular complexity index is 948. The van der Waals surface area contributed by atoms with Gasteiger partial charge in [0, 0.05) is 19.3 Å². The molecule has 15 heteroatoms. The van der Waals surface area contributed by atoms with Crippen LogP contribution in [0.2, 0.25) is 0 Å². The highest BCUT2D eigenvalue weighted by molar-refractivity contribution is 7.91. The Balaban J connectivity index is 2.93. The third-order valence-corrected chi connectivity index (χ3v) is 7.56. The van der Waals surface area contributed by atoms with Crippen LogP contribution in [0.25, 0.3) is 0 Å². The zero-order valence-corrected chi connectivity index (χ0v) is 21.2. The molecule has 1 heterocycles. The van der Waals surface area contributed by atoms with Gasteiger partial charge in [-0.1, -0.05) is 13.3 Å². The van der Waals surface area contributed by atoms with Crippen LogP contribution in [-0.4, -0.2) is 94.8 Å². The van der Waals surface area contributed by atoms with E-state index in [1.165, 1.54) is 4.90 Å². The van der Waals surface area contributed by atoms with Crippen LogP contribution in [0.4, 0.5) is 0 Å². The van der Waals surface area contributed by atoms with E-state index in [2.05, 4.69) is 15.0 Å². The number of hydrogen-bond donors (Lipinski definition) is 4. The maximum atomic E-state index is 13.2. The van der Waals surface area contributed by atoms with E-state index in [4.69, 9.17) is 11.5 Å². The Kier molecular flexibility index (Phi) is 11.9. The molecule has 0 aromatic carbocycles. The van der Waals surface area contributed by atoms with Gasteiger partial charge in [-0.05, 0) is 32.1 Å². The number of rotatable bonds is 15. The lowest BCUT2D eigenvalue weighted by molar-refractivity contribution is -0.139. The molecule has 34 heavy (non-hydrogen) atoms. The van der Waals surface area contributed by atoms with Crippen molar-refractivity contribution in [3.8, 4) is 0 Å². The standard InChI is InChI=1S/C19H36N6O7S2/c1-3-4-11-34(31,32)24-15(13-33(2,29)30)18(28)25-10-6-8-16(25)17(27)23-14(12-26)7-5-9-22-19(20)21/h12,14-16,24H,3-11,13H2,1-2H3,(H,23,27)(H4,20,21,22)/t14-,15?,16?/m0/s1. The number of sulfone groups is 1. The molecule has 1 saturated heterocycles. The molecule has 2 unspecified atom stereocenters. The molecule has 0 aromatic heterocycles. The number of sulfonamides is 1. The van der Waals surface area contributed by atoms with E-state index in [9.17, 15) is 31.2 Å². The monoisotopic (exact) mass is 524 g/mol. The van der Waals surface area contributed by atoms with Crippen molar-refractivity contribution >= 4 is 43.9 Å². The first-order valence-electron chi connectivity index (χ1n) is 11.1. The van der Waals surface area contributed by atoms with E-state index >= 15 is 0 Å². The van der Waals surface area contributed by atoms with Gasteiger partial charge in [0.15, 0.2) is 5.96 Å². The molecule has 13 nitrogen and oxygen atoms in total. The summed E-state index contributed by atoms with van der Waals surface area (Å²) in [7, 11) is -7.63. The van der Waals surface area contributed by atoms with E-state index in [0.717, 1.165) is 6.26 Å². The fraction of sp³-hybridized carbons (Fsp3) is 0.789. The molecule has 0 aliphatic carbocycles. The Morgan fingerprint density at radius 1 is 1.21 bits per heavy atom. The normalized spacial score (nSPS) is 18.2. The first kappa shape index (κ1) is 29.8. The molecule has 1 fully saturated rings. The number of unbranched alkanes of at least 4 members (excludes halogenated alkanes) is 1. The fourth-order valence-corrected chi connectivity index (χ4v) is 5.89. The number of hydrogen-bond acceptors (Lipinski definition) is 8. The van der Waals surface area contributed by atoms with Crippen molar-refractivity contribution < 1.29 is 31.2 Å². The summed E-state index contributed by atoms with van der Waals surface area (Å²) in [6, 6.07) is -3.32. The lowest BCUT2D eigenvalue weighted by Gasteiger charge is -2.29. The Labute approximate surface area is 201 Å². The minimum Gasteiger partial charge on any atom is -0.370 e. The van der Waals surface area contributed by atoms with Crippen molar-refractivity contribution in [3.63, 3.8) is 0 Å². The molecule has 0 saturated carbocycles. The van der Waals surface area contributed by atoms with E-state index in [1.807, 2.05) is 0 Å². The van der Waals surface area contributed by atoms with Crippen molar-refractivity contribution in [2.75, 3.05) is 30.9 Å². The number of carbonyl (C=O) groups excluding carboxylic acids is 3. The van der Waals surface area contributed by atoms with E-state index < -0.39 is 55.6 Å². The number of amides is 2. The summed E-state index contributed by atoms with van der Waals surface area (Å²) in [5.74, 6) is -2.43.